The lowest BCUT2D eigenvalue weighted by molar-refractivity contribution is 0.0159. The molecule has 0 bridgehead atoms. The van der Waals surface area contributed by atoms with Crippen molar-refractivity contribution in [3.63, 3.8) is 0 Å². The normalized spacial score (nSPS) is 14.1. The molecule has 0 saturated carbocycles. The highest BCUT2D eigenvalue weighted by atomic mass is 32.1. The van der Waals surface area contributed by atoms with Gasteiger partial charge in [0.05, 0.1) is 18.8 Å². The van der Waals surface area contributed by atoms with Crippen molar-refractivity contribution in [1.82, 2.24) is 0 Å². The second-order valence-corrected chi connectivity index (χ2v) is 4.55. The number of methoxy groups -OCH3 is 1. The Labute approximate surface area is 112 Å². The van der Waals surface area contributed by atoms with Gasteiger partial charge in [-0.2, -0.15) is 12.6 Å². The van der Waals surface area contributed by atoms with E-state index in [1.807, 2.05) is 6.92 Å². The Morgan fingerprint density at radius 1 is 1.44 bits per heavy atom. The zero-order chi connectivity index (χ0) is 13.7. The summed E-state index contributed by atoms with van der Waals surface area (Å²) in [6.45, 7) is 1.85. The van der Waals surface area contributed by atoms with Crippen LogP contribution in [-0.4, -0.2) is 35.1 Å². The van der Waals surface area contributed by atoms with Crippen LogP contribution in [0.15, 0.2) is 18.2 Å². The number of ether oxygens (including phenoxy) is 1. The van der Waals surface area contributed by atoms with Gasteiger partial charge in [0.1, 0.15) is 6.10 Å². The number of aryl methyl sites for hydroxylation is 1. The molecule has 0 aromatic heterocycles. The van der Waals surface area contributed by atoms with Crippen molar-refractivity contribution in [1.29, 1.82) is 0 Å². The van der Waals surface area contributed by atoms with Gasteiger partial charge in [-0.3, -0.25) is 0 Å². The molecule has 1 rings (SSSR count). The molecule has 1 aromatic carbocycles. The fourth-order valence-corrected chi connectivity index (χ4v) is 1.98. The number of esters is 1. The number of aliphatic hydroxyl groups is 2. The zero-order valence-corrected chi connectivity index (χ0v) is 11.4. The molecule has 2 N–H and O–H groups in total. The zero-order valence-electron chi connectivity index (χ0n) is 10.5. The van der Waals surface area contributed by atoms with E-state index >= 15 is 0 Å². The lowest BCUT2D eigenvalue weighted by atomic mass is 9.95. The first-order chi connectivity index (χ1) is 8.51. The van der Waals surface area contributed by atoms with Crippen LogP contribution in [-0.2, 0) is 4.74 Å². The molecule has 0 amide bonds. The molecule has 0 fully saturated rings. The van der Waals surface area contributed by atoms with Crippen LogP contribution in [0.25, 0.3) is 0 Å². The topological polar surface area (TPSA) is 66.8 Å². The fraction of sp³-hybridized carbons (Fsp3) is 0.462. The van der Waals surface area contributed by atoms with Gasteiger partial charge in [-0.25, -0.2) is 4.79 Å². The third-order valence-corrected chi connectivity index (χ3v) is 2.98. The lowest BCUT2D eigenvalue weighted by Gasteiger charge is -2.20. The van der Waals surface area contributed by atoms with Crippen LogP contribution in [0, 0.1) is 6.92 Å². The summed E-state index contributed by atoms with van der Waals surface area (Å²) in [5, 5.41) is 19.9. The lowest BCUT2D eigenvalue weighted by Crippen LogP contribution is -2.21. The molecule has 1 aromatic rings. The van der Waals surface area contributed by atoms with Gasteiger partial charge in [0, 0.05) is 0 Å². The molecule has 18 heavy (non-hydrogen) atoms. The number of carbonyl (C=O) groups is 1. The van der Waals surface area contributed by atoms with Gasteiger partial charge in [0.25, 0.3) is 0 Å². The largest absolute Gasteiger partial charge is 0.465 e. The third-order valence-electron chi connectivity index (χ3n) is 2.72. The third kappa shape index (κ3) is 3.48. The van der Waals surface area contributed by atoms with Gasteiger partial charge >= 0.3 is 5.97 Å². The number of aliphatic hydroxyl groups excluding tert-OH is 2. The van der Waals surface area contributed by atoms with E-state index in [2.05, 4.69) is 17.4 Å². The molecule has 4 nitrogen and oxygen atoms in total. The van der Waals surface area contributed by atoms with Gasteiger partial charge in [0.15, 0.2) is 0 Å². The molecule has 5 heteroatoms. The van der Waals surface area contributed by atoms with Crippen LogP contribution in [0.3, 0.4) is 0 Å². The minimum Gasteiger partial charge on any atom is -0.465 e. The van der Waals surface area contributed by atoms with Crippen LogP contribution >= 0.6 is 12.6 Å². The summed E-state index contributed by atoms with van der Waals surface area (Å²) in [7, 11) is 1.28. The van der Waals surface area contributed by atoms with E-state index in [4.69, 9.17) is 0 Å². The smallest absolute Gasteiger partial charge is 0.338 e. The Kier molecular flexibility index (Phi) is 5.65. The minimum absolute atomic E-state index is 0.272. The quantitative estimate of drug-likeness (QED) is 0.560. The van der Waals surface area contributed by atoms with Crippen molar-refractivity contribution in [2.75, 3.05) is 12.9 Å². The molecule has 0 radical (unpaired) electrons. The molecule has 0 saturated heterocycles. The maximum atomic E-state index is 11.6. The highest BCUT2D eigenvalue weighted by Gasteiger charge is 2.23. The van der Waals surface area contributed by atoms with Crippen LogP contribution in [0.5, 0.6) is 0 Å². The Morgan fingerprint density at radius 3 is 2.67 bits per heavy atom. The van der Waals surface area contributed by atoms with Crippen LogP contribution < -0.4 is 0 Å². The van der Waals surface area contributed by atoms with E-state index in [-0.39, 0.29) is 5.56 Å². The van der Waals surface area contributed by atoms with Gasteiger partial charge in [-0.15, -0.1) is 0 Å². The van der Waals surface area contributed by atoms with E-state index in [1.165, 1.54) is 7.11 Å². The Balaban J connectivity index is 3.12. The summed E-state index contributed by atoms with van der Waals surface area (Å²) in [6.07, 6.45) is -1.72. The Hall–Kier alpha value is -1.04. The summed E-state index contributed by atoms with van der Waals surface area (Å²) in [6, 6.07) is 5.03. The predicted octanol–water partition coefficient (Wildman–Crippen LogP) is 1.50. The van der Waals surface area contributed by atoms with Gasteiger partial charge in [-0.1, -0.05) is 17.7 Å². The first-order valence-electron chi connectivity index (χ1n) is 5.67. The summed E-state index contributed by atoms with van der Waals surface area (Å²) >= 11 is 4.01. The van der Waals surface area contributed by atoms with E-state index in [9.17, 15) is 15.0 Å². The highest BCUT2D eigenvalue weighted by Crippen LogP contribution is 2.25. The van der Waals surface area contributed by atoms with Crippen molar-refractivity contribution in [3.05, 3.63) is 34.9 Å². The number of hydrogen-bond acceptors (Lipinski definition) is 5. The molecule has 100 valence electrons. The minimum atomic E-state index is -1.12. The molecular formula is C13H18O4S. The van der Waals surface area contributed by atoms with E-state index in [0.717, 1.165) is 5.56 Å². The predicted molar refractivity (Wildman–Crippen MR) is 72.0 cm³/mol. The first kappa shape index (κ1) is 15.0. The van der Waals surface area contributed by atoms with Gasteiger partial charge in [0.2, 0.25) is 0 Å². The van der Waals surface area contributed by atoms with Gasteiger partial charge < -0.3 is 14.9 Å². The van der Waals surface area contributed by atoms with E-state index in [0.29, 0.717) is 17.7 Å². The monoisotopic (exact) mass is 270 g/mol. The Bertz CT molecular complexity index is 419. The summed E-state index contributed by atoms with van der Waals surface area (Å²) < 4.78 is 4.66. The molecular weight excluding hydrogens is 252 g/mol. The Morgan fingerprint density at radius 2 is 2.11 bits per heavy atom. The number of rotatable bonds is 5. The second-order valence-electron chi connectivity index (χ2n) is 4.11. The van der Waals surface area contributed by atoms with Gasteiger partial charge in [-0.05, 0) is 30.7 Å². The maximum Gasteiger partial charge on any atom is 0.338 e. The van der Waals surface area contributed by atoms with E-state index < -0.39 is 18.2 Å². The summed E-state index contributed by atoms with van der Waals surface area (Å²) in [5.41, 5.74) is 1.56. The average Bonchev–Trinajstić information content (AvgIpc) is 2.37. The van der Waals surface area contributed by atoms with Crippen molar-refractivity contribution in [2.45, 2.75) is 25.6 Å². The second kappa shape index (κ2) is 6.78. The van der Waals surface area contributed by atoms with Crippen LogP contribution in [0.1, 0.15) is 34.0 Å². The summed E-state index contributed by atoms with van der Waals surface area (Å²) in [4.78, 5) is 11.6. The maximum absolute atomic E-state index is 11.6. The molecule has 0 aliphatic heterocycles. The molecule has 0 heterocycles. The molecule has 0 aliphatic rings. The van der Waals surface area contributed by atoms with Crippen LogP contribution in [0.4, 0.5) is 0 Å². The first-order valence-corrected chi connectivity index (χ1v) is 6.30. The number of benzene rings is 1. The SMILES string of the molecule is COC(=O)c1ccc(C)cc1C(O)C(O)CCS. The standard InChI is InChI=1S/C13H18O4S/c1-8-3-4-9(13(16)17-2)10(7-8)12(15)11(14)5-6-18/h3-4,7,11-12,14-15,18H,5-6H2,1-2H3. The molecule has 0 aliphatic carbocycles. The number of thiol groups is 1. The van der Waals surface area contributed by atoms with Crippen LogP contribution in [0.2, 0.25) is 0 Å². The number of hydrogen-bond donors (Lipinski definition) is 3. The highest BCUT2D eigenvalue weighted by molar-refractivity contribution is 7.80. The molecule has 2 atom stereocenters. The summed E-state index contributed by atoms with van der Waals surface area (Å²) in [5.74, 6) is -0.0699. The number of carbonyl (C=O) groups excluding carboxylic acids is 1. The van der Waals surface area contributed by atoms with Crippen molar-refractivity contribution >= 4 is 18.6 Å². The van der Waals surface area contributed by atoms with Crippen molar-refractivity contribution in [3.8, 4) is 0 Å². The average molecular weight is 270 g/mol. The van der Waals surface area contributed by atoms with Crippen molar-refractivity contribution < 1.29 is 19.7 Å². The van der Waals surface area contributed by atoms with E-state index in [1.54, 1.807) is 18.2 Å². The molecule has 0 spiro atoms. The molecule has 2 unspecified atom stereocenters. The fourth-order valence-electron chi connectivity index (χ4n) is 1.72. The van der Waals surface area contributed by atoms with Crippen molar-refractivity contribution in [2.24, 2.45) is 0 Å².